The highest BCUT2D eigenvalue weighted by molar-refractivity contribution is 5.74. The fraction of sp³-hybridized carbons (Fsp3) is 0.462. The van der Waals surface area contributed by atoms with Gasteiger partial charge in [-0.2, -0.15) is 0 Å². The van der Waals surface area contributed by atoms with Gasteiger partial charge in [0.25, 0.3) is 0 Å². The summed E-state index contributed by atoms with van der Waals surface area (Å²) < 4.78 is 5.56. The maximum Gasteiger partial charge on any atom is 0.320 e. The van der Waals surface area contributed by atoms with Gasteiger partial charge < -0.3 is 9.84 Å². The predicted octanol–water partition coefficient (Wildman–Crippen LogP) is 1.96. The molecule has 1 saturated heterocycles. The Kier molecular flexibility index (Phi) is 3.64. The summed E-state index contributed by atoms with van der Waals surface area (Å²) in [6.07, 6.45) is 1.50. The average Bonchev–Trinajstić information content (AvgIpc) is 2.79. The van der Waals surface area contributed by atoms with Gasteiger partial charge in [-0.05, 0) is 25.8 Å². The van der Waals surface area contributed by atoms with Crippen molar-refractivity contribution in [3.8, 4) is 5.75 Å². The molecule has 1 fully saturated rings. The van der Waals surface area contributed by atoms with E-state index in [-0.39, 0.29) is 6.04 Å². The van der Waals surface area contributed by atoms with E-state index in [1.54, 1.807) is 0 Å². The molecule has 1 aromatic carbocycles. The zero-order valence-electron chi connectivity index (χ0n) is 9.85. The first-order valence-electron chi connectivity index (χ1n) is 5.93. The molecule has 92 valence electrons. The Hall–Kier alpha value is -1.55. The maximum absolute atomic E-state index is 10.9. The van der Waals surface area contributed by atoms with E-state index in [0.717, 1.165) is 17.7 Å². The summed E-state index contributed by atoms with van der Waals surface area (Å²) >= 11 is 0. The van der Waals surface area contributed by atoms with Gasteiger partial charge in [0.1, 0.15) is 11.8 Å². The van der Waals surface area contributed by atoms with Gasteiger partial charge in [0, 0.05) is 11.6 Å². The molecule has 2 rings (SSSR count). The van der Waals surface area contributed by atoms with Crippen LogP contribution in [0, 0.1) is 0 Å². The van der Waals surface area contributed by atoms with Crippen molar-refractivity contribution >= 4 is 5.97 Å². The molecule has 0 spiro atoms. The van der Waals surface area contributed by atoms with E-state index in [1.807, 2.05) is 31.2 Å². The third-order valence-electron chi connectivity index (χ3n) is 3.04. The summed E-state index contributed by atoms with van der Waals surface area (Å²) in [5.74, 6) is 0.0694. The van der Waals surface area contributed by atoms with Gasteiger partial charge in [0.15, 0.2) is 0 Å². The van der Waals surface area contributed by atoms with Crippen LogP contribution < -0.4 is 10.1 Å². The molecule has 0 aromatic heterocycles. The van der Waals surface area contributed by atoms with Gasteiger partial charge in [-0.25, -0.2) is 0 Å². The largest absolute Gasteiger partial charge is 0.494 e. The Morgan fingerprint density at radius 2 is 2.24 bits per heavy atom. The summed E-state index contributed by atoms with van der Waals surface area (Å²) in [5.41, 5.74) is 1.05. The molecule has 4 heteroatoms. The maximum atomic E-state index is 10.9. The van der Waals surface area contributed by atoms with Crippen LogP contribution in [0.4, 0.5) is 0 Å². The van der Waals surface area contributed by atoms with Crippen LogP contribution in [-0.4, -0.2) is 23.7 Å². The standard InChI is InChI=1S/C13H17NO3/c1-2-17-12-6-4-3-5-9(12)10-7-8-11(14-10)13(15)16/h3-6,10-11,14H,2,7-8H2,1H3,(H,15,16). The number of rotatable bonds is 4. The van der Waals surface area contributed by atoms with Crippen molar-refractivity contribution < 1.29 is 14.6 Å². The van der Waals surface area contributed by atoms with Crippen LogP contribution in [0.15, 0.2) is 24.3 Å². The van der Waals surface area contributed by atoms with E-state index in [4.69, 9.17) is 9.84 Å². The molecule has 0 bridgehead atoms. The predicted molar refractivity (Wildman–Crippen MR) is 64.1 cm³/mol. The molecule has 2 atom stereocenters. The lowest BCUT2D eigenvalue weighted by atomic mass is 10.0. The number of nitrogens with one attached hydrogen (secondary N) is 1. The van der Waals surface area contributed by atoms with Crippen molar-refractivity contribution in [2.24, 2.45) is 0 Å². The first-order chi connectivity index (χ1) is 8.22. The molecule has 0 radical (unpaired) electrons. The Bertz CT molecular complexity index is 405. The fourth-order valence-electron chi connectivity index (χ4n) is 2.24. The minimum absolute atomic E-state index is 0.0823. The monoisotopic (exact) mass is 235 g/mol. The number of carbonyl (C=O) groups is 1. The molecule has 0 aliphatic carbocycles. The second-order valence-electron chi connectivity index (χ2n) is 4.16. The molecule has 2 unspecified atom stereocenters. The second-order valence-corrected chi connectivity index (χ2v) is 4.16. The molecular weight excluding hydrogens is 218 g/mol. The lowest BCUT2D eigenvalue weighted by molar-refractivity contribution is -0.139. The summed E-state index contributed by atoms with van der Waals surface area (Å²) in [4.78, 5) is 10.9. The van der Waals surface area contributed by atoms with Gasteiger partial charge in [-0.3, -0.25) is 10.1 Å². The fourth-order valence-corrected chi connectivity index (χ4v) is 2.24. The highest BCUT2D eigenvalue weighted by Crippen LogP contribution is 2.32. The van der Waals surface area contributed by atoms with Crippen molar-refractivity contribution in [3.05, 3.63) is 29.8 Å². The van der Waals surface area contributed by atoms with Gasteiger partial charge in [-0.1, -0.05) is 18.2 Å². The van der Waals surface area contributed by atoms with Gasteiger partial charge >= 0.3 is 5.97 Å². The second kappa shape index (κ2) is 5.19. The minimum Gasteiger partial charge on any atom is -0.494 e. The summed E-state index contributed by atoms with van der Waals surface area (Å²) in [7, 11) is 0. The molecule has 1 aliphatic rings. The third-order valence-corrected chi connectivity index (χ3v) is 3.04. The smallest absolute Gasteiger partial charge is 0.320 e. The van der Waals surface area contributed by atoms with Crippen LogP contribution in [0.5, 0.6) is 5.75 Å². The Morgan fingerprint density at radius 3 is 2.88 bits per heavy atom. The Morgan fingerprint density at radius 1 is 1.47 bits per heavy atom. The summed E-state index contributed by atoms with van der Waals surface area (Å²) in [5, 5.41) is 12.1. The molecule has 1 heterocycles. The van der Waals surface area contributed by atoms with E-state index >= 15 is 0 Å². The molecule has 1 aromatic rings. The first-order valence-corrected chi connectivity index (χ1v) is 5.93. The van der Waals surface area contributed by atoms with Gasteiger partial charge in [-0.15, -0.1) is 0 Å². The lowest BCUT2D eigenvalue weighted by Gasteiger charge is -2.16. The number of benzene rings is 1. The van der Waals surface area contributed by atoms with E-state index < -0.39 is 12.0 Å². The molecule has 2 N–H and O–H groups in total. The van der Waals surface area contributed by atoms with Crippen molar-refractivity contribution in [1.29, 1.82) is 0 Å². The molecule has 4 nitrogen and oxygen atoms in total. The van der Waals surface area contributed by atoms with E-state index in [9.17, 15) is 4.79 Å². The van der Waals surface area contributed by atoms with Crippen molar-refractivity contribution in [2.45, 2.75) is 31.8 Å². The zero-order chi connectivity index (χ0) is 12.3. The quantitative estimate of drug-likeness (QED) is 0.837. The molecule has 0 amide bonds. The average molecular weight is 235 g/mol. The number of ether oxygens (including phenoxy) is 1. The number of carboxylic acids is 1. The highest BCUT2D eigenvalue weighted by Gasteiger charge is 2.30. The first kappa shape index (κ1) is 11.9. The number of hydrogen-bond acceptors (Lipinski definition) is 3. The van der Waals surface area contributed by atoms with Crippen LogP contribution in [0.1, 0.15) is 31.4 Å². The van der Waals surface area contributed by atoms with Crippen LogP contribution in [0.3, 0.4) is 0 Å². The topological polar surface area (TPSA) is 58.6 Å². The Balaban J connectivity index is 2.15. The molecule has 17 heavy (non-hydrogen) atoms. The molecular formula is C13H17NO3. The highest BCUT2D eigenvalue weighted by atomic mass is 16.5. The van der Waals surface area contributed by atoms with Crippen LogP contribution in [-0.2, 0) is 4.79 Å². The zero-order valence-corrected chi connectivity index (χ0v) is 9.85. The van der Waals surface area contributed by atoms with Crippen molar-refractivity contribution in [3.63, 3.8) is 0 Å². The van der Waals surface area contributed by atoms with Gasteiger partial charge in [0.2, 0.25) is 0 Å². The molecule has 1 aliphatic heterocycles. The Labute approximate surface area is 101 Å². The number of hydrogen-bond donors (Lipinski definition) is 2. The number of aliphatic carboxylic acids is 1. The van der Waals surface area contributed by atoms with E-state index in [2.05, 4.69) is 5.32 Å². The SMILES string of the molecule is CCOc1ccccc1C1CCC(C(=O)O)N1. The van der Waals surface area contributed by atoms with E-state index in [0.29, 0.717) is 13.0 Å². The minimum atomic E-state index is -0.776. The van der Waals surface area contributed by atoms with Crippen molar-refractivity contribution in [1.82, 2.24) is 5.32 Å². The van der Waals surface area contributed by atoms with Crippen LogP contribution in [0.25, 0.3) is 0 Å². The summed E-state index contributed by atoms with van der Waals surface area (Å²) in [6, 6.07) is 7.45. The number of para-hydroxylation sites is 1. The van der Waals surface area contributed by atoms with E-state index in [1.165, 1.54) is 0 Å². The van der Waals surface area contributed by atoms with Gasteiger partial charge in [0.05, 0.1) is 6.61 Å². The summed E-state index contributed by atoms with van der Waals surface area (Å²) in [6.45, 7) is 2.56. The normalized spacial score (nSPS) is 23.6. The van der Waals surface area contributed by atoms with Crippen molar-refractivity contribution in [2.75, 3.05) is 6.61 Å². The van der Waals surface area contributed by atoms with Crippen LogP contribution >= 0.6 is 0 Å². The number of carboxylic acid groups (broad SMARTS) is 1. The van der Waals surface area contributed by atoms with Crippen LogP contribution in [0.2, 0.25) is 0 Å². The third kappa shape index (κ3) is 2.58. The molecule has 0 saturated carbocycles. The lowest BCUT2D eigenvalue weighted by Crippen LogP contribution is -2.31.